The van der Waals surface area contributed by atoms with Crippen LogP contribution in [0.3, 0.4) is 0 Å². The zero-order valence-corrected chi connectivity index (χ0v) is 28.3. The van der Waals surface area contributed by atoms with Crippen LogP contribution < -0.4 is 29.2 Å². The highest BCUT2D eigenvalue weighted by Crippen LogP contribution is 2.37. The average molecular weight is 640 g/mol. The van der Waals surface area contributed by atoms with Crippen molar-refractivity contribution >= 4 is 23.4 Å². The van der Waals surface area contributed by atoms with E-state index in [1.807, 2.05) is 30.3 Å². The van der Waals surface area contributed by atoms with Crippen molar-refractivity contribution < 1.29 is 23.7 Å². The number of carbonyl (C=O) groups is 1. The molecule has 5 rings (SSSR count). The fourth-order valence-electron chi connectivity index (χ4n) is 5.75. The van der Waals surface area contributed by atoms with Crippen molar-refractivity contribution in [2.75, 3.05) is 57.7 Å². The molecule has 0 aliphatic carbocycles. The van der Waals surface area contributed by atoms with Crippen LogP contribution in [0.2, 0.25) is 0 Å². The van der Waals surface area contributed by atoms with Crippen molar-refractivity contribution in [2.24, 2.45) is 0 Å². The predicted molar refractivity (Wildman–Crippen MR) is 186 cm³/mol. The summed E-state index contributed by atoms with van der Waals surface area (Å²) in [6.45, 7) is 10.3. The van der Waals surface area contributed by atoms with E-state index < -0.39 is 6.09 Å². The Kier molecular flexibility index (Phi) is 11.2. The van der Waals surface area contributed by atoms with Gasteiger partial charge < -0.3 is 29.2 Å². The number of likely N-dealkylation sites (tertiary alicyclic amines) is 1. The van der Waals surface area contributed by atoms with Gasteiger partial charge in [0.25, 0.3) is 0 Å². The highest BCUT2D eigenvalue weighted by molar-refractivity contribution is 5.91. The molecule has 1 amide bonds. The van der Waals surface area contributed by atoms with E-state index in [-0.39, 0.29) is 11.8 Å². The molecular weight excluding hydrogens is 594 g/mol. The summed E-state index contributed by atoms with van der Waals surface area (Å²) in [5.41, 5.74) is 6.23. The van der Waals surface area contributed by atoms with Crippen LogP contribution in [0.5, 0.6) is 23.1 Å². The van der Waals surface area contributed by atoms with Crippen LogP contribution in [0.15, 0.2) is 60.7 Å². The van der Waals surface area contributed by atoms with Crippen molar-refractivity contribution in [3.63, 3.8) is 0 Å². The van der Waals surface area contributed by atoms with Crippen LogP contribution in [0.25, 0.3) is 11.3 Å². The summed E-state index contributed by atoms with van der Waals surface area (Å²) in [6, 6.07) is 18.8. The first kappa shape index (κ1) is 33.5. The van der Waals surface area contributed by atoms with Crippen LogP contribution in [0, 0.1) is 20.8 Å². The highest BCUT2D eigenvalue weighted by Gasteiger charge is 2.22. The maximum atomic E-state index is 13.4. The molecule has 10 nitrogen and oxygen atoms in total. The van der Waals surface area contributed by atoms with E-state index in [1.54, 1.807) is 38.4 Å². The van der Waals surface area contributed by atoms with Crippen molar-refractivity contribution in [1.82, 2.24) is 14.9 Å². The summed E-state index contributed by atoms with van der Waals surface area (Å²) in [5, 5.41) is 3.30. The van der Waals surface area contributed by atoms with E-state index in [9.17, 15) is 4.79 Å². The number of anilines is 3. The van der Waals surface area contributed by atoms with Gasteiger partial charge in [-0.1, -0.05) is 30.7 Å². The first-order valence-corrected chi connectivity index (χ1v) is 16.1. The van der Waals surface area contributed by atoms with Gasteiger partial charge in [-0.3, -0.25) is 4.90 Å². The van der Waals surface area contributed by atoms with E-state index >= 15 is 0 Å². The molecule has 10 heteroatoms. The number of nitrogens with zero attached hydrogens (tertiary/aromatic N) is 4. The molecule has 47 heavy (non-hydrogen) atoms. The molecule has 1 fully saturated rings. The first-order chi connectivity index (χ1) is 22.8. The minimum Gasteiger partial charge on any atom is -0.493 e. The SMILES string of the molecule is COc1cccc(N(C)C(=O)Oc2cc(-c3ccc(C)c(C)c3C)nc(Nc3cccc(OCCCN4CCCCC4)c3)n2)c1OC. The molecule has 0 unspecified atom stereocenters. The van der Waals surface area contributed by atoms with Gasteiger partial charge in [-0.2, -0.15) is 4.98 Å². The summed E-state index contributed by atoms with van der Waals surface area (Å²) >= 11 is 0. The second kappa shape index (κ2) is 15.6. The van der Waals surface area contributed by atoms with Gasteiger partial charge in [-0.25, -0.2) is 9.78 Å². The van der Waals surface area contributed by atoms with Crippen molar-refractivity contribution in [2.45, 2.75) is 46.5 Å². The molecule has 1 aliphatic rings. The number of aryl methyl sites for hydroxylation is 1. The molecular formula is C37H45N5O5. The number of ether oxygens (including phenoxy) is 4. The molecule has 2 heterocycles. The monoisotopic (exact) mass is 639 g/mol. The number of hydrogen-bond donors (Lipinski definition) is 1. The summed E-state index contributed by atoms with van der Waals surface area (Å²) in [6.07, 6.45) is 4.24. The fraction of sp³-hybridized carbons (Fsp3) is 0.378. The van der Waals surface area contributed by atoms with Crippen molar-refractivity contribution in [3.05, 3.63) is 77.4 Å². The predicted octanol–water partition coefficient (Wildman–Crippen LogP) is 7.72. The van der Waals surface area contributed by atoms with Crippen LogP contribution in [0.4, 0.5) is 22.1 Å². The van der Waals surface area contributed by atoms with Crippen LogP contribution >= 0.6 is 0 Å². The zero-order chi connectivity index (χ0) is 33.3. The number of methoxy groups -OCH3 is 2. The van der Waals surface area contributed by atoms with Crippen LogP contribution in [0.1, 0.15) is 42.4 Å². The lowest BCUT2D eigenvalue weighted by molar-refractivity contribution is 0.205. The second-order valence-electron chi connectivity index (χ2n) is 11.8. The third-order valence-electron chi connectivity index (χ3n) is 8.67. The molecule has 1 N–H and O–H groups in total. The Hall–Kier alpha value is -4.83. The third kappa shape index (κ3) is 8.31. The van der Waals surface area contributed by atoms with E-state index in [1.165, 1.54) is 55.5 Å². The minimum atomic E-state index is -0.649. The summed E-state index contributed by atoms with van der Waals surface area (Å²) in [5.74, 6) is 2.06. The normalized spacial score (nSPS) is 13.1. The molecule has 3 aromatic carbocycles. The Morgan fingerprint density at radius 3 is 2.47 bits per heavy atom. The number of piperidine rings is 1. The number of nitrogens with one attached hydrogen (secondary N) is 1. The molecule has 0 spiro atoms. The molecule has 0 atom stereocenters. The molecule has 248 valence electrons. The molecule has 0 radical (unpaired) electrons. The lowest BCUT2D eigenvalue weighted by Crippen LogP contribution is -2.31. The number of hydrogen-bond acceptors (Lipinski definition) is 9. The van der Waals surface area contributed by atoms with Gasteiger partial charge in [0.15, 0.2) is 11.5 Å². The Balaban J connectivity index is 1.38. The molecule has 0 bridgehead atoms. The first-order valence-electron chi connectivity index (χ1n) is 16.1. The summed E-state index contributed by atoms with van der Waals surface area (Å²) in [4.78, 5) is 26.7. The Morgan fingerprint density at radius 1 is 0.915 bits per heavy atom. The molecule has 4 aromatic rings. The van der Waals surface area contributed by atoms with Gasteiger partial charge >= 0.3 is 6.09 Å². The largest absolute Gasteiger partial charge is 0.493 e. The number of benzene rings is 3. The summed E-state index contributed by atoms with van der Waals surface area (Å²) < 4.78 is 22.9. The van der Waals surface area contributed by atoms with Crippen LogP contribution in [-0.2, 0) is 0 Å². The number of rotatable bonds is 12. The van der Waals surface area contributed by atoms with E-state index in [0.717, 1.165) is 35.5 Å². The molecule has 0 saturated carbocycles. The maximum absolute atomic E-state index is 13.4. The zero-order valence-electron chi connectivity index (χ0n) is 28.3. The van der Waals surface area contributed by atoms with Gasteiger partial charge in [-0.05, 0) is 94.1 Å². The lowest BCUT2D eigenvalue weighted by atomic mass is 9.97. The Bertz CT molecular complexity index is 1690. The summed E-state index contributed by atoms with van der Waals surface area (Å²) in [7, 11) is 4.67. The molecule has 1 aliphatic heterocycles. The molecule has 1 aromatic heterocycles. The Morgan fingerprint density at radius 2 is 1.70 bits per heavy atom. The van der Waals surface area contributed by atoms with Gasteiger partial charge in [0.1, 0.15) is 5.75 Å². The van der Waals surface area contributed by atoms with Crippen molar-refractivity contribution in [1.29, 1.82) is 0 Å². The van der Waals surface area contributed by atoms with Crippen LogP contribution in [-0.4, -0.2) is 68.5 Å². The quantitative estimate of drug-likeness (QED) is 0.156. The highest BCUT2D eigenvalue weighted by atomic mass is 16.6. The van der Waals surface area contributed by atoms with Gasteiger partial charge in [0, 0.05) is 37.0 Å². The van der Waals surface area contributed by atoms with E-state index in [4.69, 9.17) is 23.9 Å². The third-order valence-corrected chi connectivity index (χ3v) is 8.67. The second-order valence-corrected chi connectivity index (χ2v) is 11.8. The maximum Gasteiger partial charge on any atom is 0.420 e. The lowest BCUT2D eigenvalue weighted by Gasteiger charge is -2.26. The minimum absolute atomic E-state index is 0.0963. The number of aromatic nitrogens is 2. The van der Waals surface area contributed by atoms with Gasteiger partial charge in [0.05, 0.1) is 32.2 Å². The van der Waals surface area contributed by atoms with E-state index in [0.29, 0.717) is 29.5 Å². The number of para-hydroxylation sites is 1. The molecule has 1 saturated heterocycles. The average Bonchev–Trinajstić information content (AvgIpc) is 3.09. The van der Waals surface area contributed by atoms with Gasteiger partial charge in [-0.15, -0.1) is 0 Å². The Labute approximate surface area is 277 Å². The van der Waals surface area contributed by atoms with Gasteiger partial charge in [0.2, 0.25) is 11.8 Å². The fourth-order valence-corrected chi connectivity index (χ4v) is 5.75. The van der Waals surface area contributed by atoms with E-state index in [2.05, 4.69) is 42.0 Å². The topological polar surface area (TPSA) is 98.3 Å². The standard InChI is InChI=1S/C37H45N5O5/c1-25-17-18-30(27(3)26(25)2)31-24-34(47-37(43)41(4)32-15-11-16-33(44-5)35(32)45-6)40-36(39-31)38-28-13-10-14-29(23-28)46-22-12-21-42-19-8-7-9-20-42/h10-11,13-18,23-24H,7-9,12,19-22H2,1-6H3,(H,38,39,40). The number of amides is 1. The van der Waals surface area contributed by atoms with Crippen molar-refractivity contribution in [3.8, 4) is 34.4 Å². The smallest absolute Gasteiger partial charge is 0.420 e. The number of carbonyl (C=O) groups excluding carboxylic acids is 1.